The number of allylic oxidation sites excluding steroid dienone is 2. The first-order chi connectivity index (χ1) is 6.31. The maximum atomic E-state index is 4.32. The second-order valence-corrected chi connectivity index (χ2v) is 3.73. The van der Waals surface area contributed by atoms with Crippen LogP contribution in [0.5, 0.6) is 0 Å². The smallest absolute Gasteiger partial charge is 0.0801 e. The molecule has 0 aliphatic carbocycles. The van der Waals surface area contributed by atoms with Gasteiger partial charge in [0.05, 0.1) is 11.2 Å². The monoisotopic (exact) mass is 209 g/mol. The summed E-state index contributed by atoms with van der Waals surface area (Å²) in [7, 11) is 0. The fourth-order valence-electron chi connectivity index (χ4n) is 1.14. The summed E-state index contributed by atoms with van der Waals surface area (Å²) in [6.07, 6.45) is 6.11. The van der Waals surface area contributed by atoms with Gasteiger partial charge in [0, 0.05) is 4.88 Å². The molecule has 1 aromatic rings. The average Bonchev–Trinajstić information content (AvgIpc) is 2.61. The average molecular weight is 209 g/mol. The van der Waals surface area contributed by atoms with E-state index in [4.69, 9.17) is 0 Å². The van der Waals surface area contributed by atoms with Crippen LogP contribution in [-0.4, -0.2) is 4.98 Å². The molecule has 0 aromatic carbocycles. The molecule has 0 radical (unpaired) electrons. The topological polar surface area (TPSA) is 12.9 Å². The summed E-state index contributed by atoms with van der Waals surface area (Å²) in [5.41, 5.74) is 4.27. The van der Waals surface area contributed by atoms with E-state index in [1.54, 1.807) is 11.3 Å². The second-order valence-electron chi connectivity index (χ2n) is 2.79. The zero-order chi connectivity index (χ0) is 9.68. The van der Waals surface area contributed by atoms with E-state index in [-0.39, 0.29) is 7.43 Å². The van der Waals surface area contributed by atoms with Gasteiger partial charge in [0.15, 0.2) is 0 Å². The van der Waals surface area contributed by atoms with E-state index < -0.39 is 0 Å². The largest absolute Gasteiger partial charge is 0.245 e. The van der Waals surface area contributed by atoms with Gasteiger partial charge in [-0.3, -0.25) is 0 Å². The Bertz CT molecular complexity index is 310. The van der Waals surface area contributed by atoms with Crippen LogP contribution in [0.2, 0.25) is 0 Å². The van der Waals surface area contributed by atoms with E-state index in [0.717, 1.165) is 18.5 Å². The fraction of sp³-hybridized carbons (Fsp3) is 0.417. The van der Waals surface area contributed by atoms with E-state index in [0.29, 0.717) is 0 Å². The van der Waals surface area contributed by atoms with E-state index in [2.05, 4.69) is 31.5 Å². The minimum atomic E-state index is 0. The Labute approximate surface area is 91.2 Å². The van der Waals surface area contributed by atoms with Gasteiger partial charge in [-0.2, -0.15) is 0 Å². The first-order valence-electron chi connectivity index (χ1n) is 4.57. The maximum absolute atomic E-state index is 4.32. The van der Waals surface area contributed by atoms with Crippen molar-refractivity contribution in [3.05, 3.63) is 34.3 Å². The van der Waals surface area contributed by atoms with Crippen LogP contribution >= 0.6 is 11.3 Å². The molecule has 0 bridgehead atoms. The molecule has 1 aromatic heterocycles. The first kappa shape index (κ1) is 13.1. The van der Waals surface area contributed by atoms with Crippen molar-refractivity contribution >= 4 is 17.4 Å². The summed E-state index contributed by atoms with van der Waals surface area (Å²) in [5, 5.41) is 0. The molecule has 0 N–H and O–H groups in total. The van der Waals surface area contributed by atoms with Crippen molar-refractivity contribution in [1.82, 2.24) is 4.98 Å². The molecule has 0 aliphatic rings. The van der Waals surface area contributed by atoms with Gasteiger partial charge in [-0.15, -0.1) is 11.3 Å². The summed E-state index contributed by atoms with van der Waals surface area (Å²) in [6, 6.07) is 0. The summed E-state index contributed by atoms with van der Waals surface area (Å²) in [5.74, 6) is 0. The molecule has 14 heavy (non-hydrogen) atoms. The van der Waals surface area contributed by atoms with Crippen LogP contribution in [0.3, 0.4) is 0 Å². The highest BCUT2D eigenvalue weighted by Crippen LogP contribution is 2.18. The number of hydrogen-bond acceptors (Lipinski definition) is 2. The van der Waals surface area contributed by atoms with Gasteiger partial charge in [-0.25, -0.2) is 4.98 Å². The summed E-state index contributed by atoms with van der Waals surface area (Å²) in [4.78, 5) is 5.67. The summed E-state index contributed by atoms with van der Waals surface area (Å²) < 4.78 is 0. The predicted octanol–water partition coefficient (Wildman–Crippen LogP) is 4.32. The van der Waals surface area contributed by atoms with Crippen molar-refractivity contribution in [3.63, 3.8) is 0 Å². The highest BCUT2D eigenvalue weighted by Gasteiger charge is 2.00. The van der Waals surface area contributed by atoms with Crippen LogP contribution in [0.4, 0.5) is 0 Å². The van der Waals surface area contributed by atoms with Gasteiger partial charge in [0.2, 0.25) is 0 Å². The Morgan fingerprint density at radius 3 is 2.79 bits per heavy atom. The molecule has 0 amide bonds. The van der Waals surface area contributed by atoms with Crippen LogP contribution in [0.15, 0.2) is 23.7 Å². The third-order valence-electron chi connectivity index (χ3n) is 1.99. The van der Waals surface area contributed by atoms with Crippen molar-refractivity contribution in [2.24, 2.45) is 0 Å². The molecule has 0 aliphatic heterocycles. The highest BCUT2D eigenvalue weighted by molar-refractivity contribution is 7.09. The van der Waals surface area contributed by atoms with Crippen LogP contribution in [0, 0.1) is 0 Å². The van der Waals surface area contributed by atoms with Gasteiger partial charge >= 0.3 is 0 Å². The van der Waals surface area contributed by atoms with Gasteiger partial charge in [-0.1, -0.05) is 33.9 Å². The lowest BCUT2D eigenvalue weighted by atomic mass is 10.1. The van der Waals surface area contributed by atoms with Crippen molar-refractivity contribution < 1.29 is 0 Å². The minimum absolute atomic E-state index is 0. The molecule has 0 fully saturated rings. The standard InChI is InChI=1S/C11H15NS.CH4/c1-4-9(5-2)7-10-11(6-3)13-8-12-10;/h4,7-8H,1,5-6H2,2-3H3;1H4/b9-7+;. The number of rotatable bonds is 4. The number of nitrogens with zero attached hydrogens (tertiary/aromatic N) is 1. The summed E-state index contributed by atoms with van der Waals surface area (Å²) in [6.45, 7) is 8.06. The number of thiazole rings is 1. The summed E-state index contributed by atoms with van der Waals surface area (Å²) >= 11 is 1.72. The zero-order valence-corrected chi connectivity index (χ0v) is 9.03. The third-order valence-corrected chi connectivity index (χ3v) is 2.98. The molecule has 1 nitrogen and oxygen atoms in total. The lowest BCUT2D eigenvalue weighted by molar-refractivity contribution is 1.13. The van der Waals surface area contributed by atoms with Crippen molar-refractivity contribution in [2.75, 3.05) is 0 Å². The number of aryl methyl sites for hydroxylation is 1. The highest BCUT2D eigenvalue weighted by atomic mass is 32.1. The molecule has 0 saturated heterocycles. The molecule has 0 atom stereocenters. The van der Waals surface area contributed by atoms with Crippen LogP contribution in [-0.2, 0) is 6.42 Å². The second kappa shape index (κ2) is 6.55. The zero-order valence-electron chi connectivity index (χ0n) is 8.21. The molecule has 1 rings (SSSR count). The lowest BCUT2D eigenvalue weighted by Crippen LogP contribution is -1.82. The Balaban J connectivity index is 0.00000169. The van der Waals surface area contributed by atoms with Gasteiger partial charge in [-0.05, 0) is 24.5 Å². The molecule has 0 unspecified atom stereocenters. The Morgan fingerprint density at radius 2 is 2.29 bits per heavy atom. The van der Waals surface area contributed by atoms with Crippen molar-refractivity contribution in [3.8, 4) is 0 Å². The van der Waals surface area contributed by atoms with E-state index in [1.165, 1.54) is 10.5 Å². The third kappa shape index (κ3) is 3.11. The maximum Gasteiger partial charge on any atom is 0.0801 e. The molecular formula is C12H19NS. The quantitative estimate of drug-likeness (QED) is 0.673. The fourth-order valence-corrected chi connectivity index (χ4v) is 1.83. The molecule has 0 spiro atoms. The molecule has 2 heteroatoms. The van der Waals surface area contributed by atoms with Crippen LogP contribution in [0.1, 0.15) is 38.3 Å². The molecular weight excluding hydrogens is 190 g/mol. The Morgan fingerprint density at radius 1 is 1.57 bits per heavy atom. The van der Waals surface area contributed by atoms with Gasteiger partial charge in [0.1, 0.15) is 0 Å². The van der Waals surface area contributed by atoms with Crippen molar-refractivity contribution in [2.45, 2.75) is 34.1 Å². The van der Waals surface area contributed by atoms with Crippen LogP contribution in [0.25, 0.3) is 6.08 Å². The molecule has 0 saturated carbocycles. The number of hydrogen-bond donors (Lipinski definition) is 0. The Kier molecular flexibility index (Phi) is 6.13. The SMILES string of the molecule is C.C=C/C(=C\c1ncsc1CC)CC. The first-order valence-corrected chi connectivity index (χ1v) is 5.45. The lowest BCUT2D eigenvalue weighted by Gasteiger charge is -1.96. The molecule has 78 valence electrons. The molecule has 1 heterocycles. The van der Waals surface area contributed by atoms with Crippen LogP contribution < -0.4 is 0 Å². The normalized spacial score (nSPS) is 10.9. The van der Waals surface area contributed by atoms with Gasteiger partial charge < -0.3 is 0 Å². The van der Waals surface area contributed by atoms with E-state index in [9.17, 15) is 0 Å². The Hall–Kier alpha value is -0.890. The number of aromatic nitrogens is 1. The van der Waals surface area contributed by atoms with E-state index >= 15 is 0 Å². The van der Waals surface area contributed by atoms with Crippen molar-refractivity contribution in [1.29, 1.82) is 0 Å². The van der Waals surface area contributed by atoms with E-state index in [1.807, 2.05) is 11.6 Å². The predicted molar refractivity (Wildman–Crippen MR) is 66.7 cm³/mol. The minimum Gasteiger partial charge on any atom is -0.245 e. The van der Waals surface area contributed by atoms with Gasteiger partial charge in [0.25, 0.3) is 0 Å².